The number of hydrogen-bond donors (Lipinski definition) is 1. The lowest BCUT2D eigenvalue weighted by atomic mass is 10.1. The quantitative estimate of drug-likeness (QED) is 0.593. The standard InChI is InChI=1S/C19H21ClN2O4/c1-12-7-16(8-13(2)19(12)20)26-11-18(23)22-21-10-14-5-6-15(24-3)9-17(14)25-4/h5-10H,11H2,1-4H3,(H,22,23)/b21-10+. The van der Waals surface area contributed by atoms with Crippen molar-refractivity contribution in [2.45, 2.75) is 13.8 Å². The zero-order valence-corrected chi connectivity index (χ0v) is 15.9. The topological polar surface area (TPSA) is 69.2 Å². The summed E-state index contributed by atoms with van der Waals surface area (Å²) in [6.45, 7) is 3.61. The summed E-state index contributed by atoms with van der Waals surface area (Å²) in [5.74, 6) is 1.47. The maximum atomic E-state index is 11.9. The van der Waals surface area contributed by atoms with Crippen molar-refractivity contribution in [2.75, 3.05) is 20.8 Å². The fourth-order valence-electron chi connectivity index (χ4n) is 2.27. The van der Waals surface area contributed by atoms with Crippen LogP contribution in [0.5, 0.6) is 17.2 Å². The van der Waals surface area contributed by atoms with Crippen molar-refractivity contribution in [1.29, 1.82) is 0 Å². The van der Waals surface area contributed by atoms with E-state index in [1.165, 1.54) is 6.21 Å². The van der Waals surface area contributed by atoms with Gasteiger partial charge in [0.2, 0.25) is 0 Å². The van der Waals surface area contributed by atoms with Crippen LogP contribution in [0.4, 0.5) is 0 Å². The molecule has 0 spiro atoms. The molecule has 1 amide bonds. The van der Waals surface area contributed by atoms with E-state index >= 15 is 0 Å². The number of nitrogens with zero attached hydrogens (tertiary/aromatic N) is 1. The van der Waals surface area contributed by atoms with Crippen molar-refractivity contribution in [3.8, 4) is 17.2 Å². The number of hydrogen-bond acceptors (Lipinski definition) is 5. The van der Waals surface area contributed by atoms with Gasteiger partial charge in [0.05, 0.1) is 20.4 Å². The molecule has 0 unspecified atom stereocenters. The molecule has 0 saturated heterocycles. The normalized spacial score (nSPS) is 10.7. The van der Waals surface area contributed by atoms with E-state index in [0.717, 1.165) is 11.1 Å². The van der Waals surface area contributed by atoms with Gasteiger partial charge in [-0.25, -0.2) is 5.43 Å². The lowest BCUT2D eigenvalue weighted by Crippen LogP contribution is -2.24. The number of hydrazone groups is 1. The second-order valence-electron chi connectivity index (χ2n) is 5.56. The summed E-state index contributed by atoms with van der Waals surface area (Å²) in [6, 6.07) is 8.86. The molecule has 2 rings (SSSR count). The van der Waals surface area contributed by atoms with Gasteiger partial charge in [0.25, 0.3) is 5.91 Å². The van der Waals surface area contributed by atoms with Crippen LogP contribution < -0.4 is 19.6 Å². The van der Waals surface area contributed by atoms with Crippen LogP contribution in [-0.4, -0.2) is 32.9 Å². The highest BCUT2D eigenvalue weighted by atomic mass is 35.5. The van der Waals surface area contributed by atoms with Crippen LogP contribution in [0.2, 0.25) is 5.02 Å². The largest absolute Gasteiger partial charge is 0.497 e. The average Bonchev–Trinajstić information content (AvgIpc) is 2.64. The van der Waals surface area contributed by atoms with Crippen LogP contribution in [0.3, 0.4) is 0 Å². The minimum absolute atomic E-state index is 0.155. The minimum atomic E-state index is -0.376. The molecule has 26 heavy (non-hydrogen) atoms. The fourth-order valence-corrected chi connectivity index (χ4v) is 2.38. The smallest absolute Gasteiger partial charge is 0.277 e. The van der Waals surface area contributed by atoms with Crippen LogP contribution in [0.1, 0.15) is 16.7 Å². The van der Waals surface area contributed by atoms with Gasteiger partial charge in [-0.3, -0.25) is 4.79 Å². The first kappa shape index (κ1) is 19.6. The van der Waals surface area contributed by atoms with Gasteiger partial charge in [-0.05, 0) is 49.2 Å². The van der Waals surface area contributed by atoms with Crippen LogP contribution in [-0.2, 0) is 4.79 Å². The molecule has 0 aliphatic carbocycles. The van der Waals surface area contributed by atoms with Crippen molar-refractivity contribution < 1.29 is 19.0 Å². The van der Waals surface area contributed by atoms with E-state index in [1.54, 1.807) is 44.6 Å². The second kappa shape index (κ2) is 9.10. The lowest BCUT2D eigenvalue weighted by Gasteiger charge is -2.09. The number of carbonyl (C=O) groups is 1. The average molecular weight is 377 g/mol. The third-order valence-electron chi connectivity index (χ3n) is 3.61. The van der Waals surface area contributed by atoms with Crippen molar-refractivity contribution in [3.05, 3.63) is 52.0 Å². The number of aryl methyl sites for hydroxylation is 2. The number of methoxy groups -OCH3 is 2. The second-order valence-corrected chi connectivity index (χ2v) is 5.94. The molecule has 0 atom stereocenters. The third kappa shape index (κ3) is 5.13. The third-order valence-corrected chi connectivity index (χ3v) is 4.21. The van der Waals surface area contributed by atoms with Crippen LogP contribution in [0.25, 0.3) is 0 Å². The van der Waals surface area contributed by atoms with E-state index in [1.807, 2.05) is 13.8 Å². The van der Waals surface area contributed by atoms with E-state index in [-0.39, 0.29) is 12.5 Å². The predicted octanol–water partition coefficient (Wildman–Crippen LogP) is 3.50. The van der Waals surface area contributed by atoms with Gasteiger partial charge in [-0.1, -0.05) is 11.6 Å². The number of rotatable bonds is 7. The summed E-state index contributed by atoms with van der Waals surface area (Å²) in [7, 11) is 3.13. The van der Waals surface area contributed by atoms with Gasteiger partial charge >= 0.3 is 0 Å². The van der Waals surface area contributed by atoms with Gasteiger partial charge in [-0.15, -0.1) is 0 Å². The Balaban J connectivity index is 1.92. The monoisotopic (exact) mass is 376 g/mol. The Morgan fingerprint density at radius 3 is 2.42 bits per heavy atom. The molecule has 0 saturated carbocycles. The number of nitrogens with one attached hydrogen (secondary N) is 1. The van der Waals surface area contributed by atoms with E-state index in [2.05, 4.69) is 10.5 Å². The van der Waals surface area contributed by atoms with Gasteiger partial charge in [-0.2, -0.15) is 5.10 Å². The lowest BCUT2D eigenvalue weighted by molar-refractivity contribution is -0.123. The Kier molecular flexibility index (Phi) is 6.86. The summed E-state index contributed by atoms with van der Waals surface area (Å²) in [5, 5.41) is 4.61. The molecule has 0 aromatic heterocycles. The van der Waals surface area contributed by atoms with E-state index in [9.17, 15) is 4.79 Å². The molecule has 0 aliphatic heterocycles. The molecule has 2 aromatic rings. The predicted molar refractivity (Wildman–Crippen MR) is 102 cm³/mol. The van der Waals surface area contributed by atoms with Gasteiger partial charge in [0, 0.05) is 16.7 Å². The molecule has 1 N–H and O–H groups in total. The van der Waals surface area contributed by atoms with E-state index in [4.69, 9.17) is 25.8 Å². The molecular weight excluding hydrogens is 356 g/mol. The molecule has 138 valence electrons. The van der Waals surface area contributed by atoms with E-state index < -0.39 is 0 Å². The minimum Gasteiger partial charge on any atom is -0.497 e. The SMILES string of the molecule is COc1ccc(/C=N/NC(=O)COc2cc(C)c(Cl)c(C)c2)c(OC)c1. The van der Waals surface area contributed by atoms with Crippen molar-refractivity contribution in [2.24, 2.45) is 5.10 Å². The first-order valence-electron chi connectivity index (χ1n) is 7.88. The number of benzene rings is 2. The zero-order valence-electron chi connectivity index (χ0n) is 15.1. The summed E-state index contributed by atoms with van der Waals surface area (Å²) in [6.07, 6.45) is 1.49. The summed E-state index contributed by atoms with van der Waals surface area (Å²) >= 11 is 6.11. The molecule has 0 heterocycles. The maximum Gasteiger partial charge on any atom is 0.277 e. The van der Waals surface area contributed by atoms with Crippen molar-refractivity contribution in [3.63, 3.8) is 0 Å². The Bertz CT molecular complexity index is 798. The molecular formula is C19H21ClN2O4. The Labute approximate surface area is 157 Å². The highest BCUT2D eigenvalue weighted by molar-refractivity contribution is 6.32. The molecule has 0 aliphatic rings. The fraction of sp³-hybridized carbons (Fsp3) is 0.263. The highest BCUT2D eigenvalue weighted by Crippen LogP contribution is 2.26. The summed E-state index contributed by atoms with van der Waals surface area (Å²) in [5.41, 5.74) is 4.91. The number of ether oxygens (including phenoxy) is 3. The molecule has 6 nitrogen and oxygen atoms in total. The molecule has 7 heteroatoms. The molecule has 0 bridgehead atoms. The summed E-state index contributed by atoms with van der Waals surface area (Å²) < 4.78 is 15.9. The number of amides is 1. The molecule has 0 fully saturated rings. The highest BCUT2D eigenvalue weighted by Gasteiger charge is 2.07. The van der Waals surface area contributed by atoms with E-state index in [0.29, 0.717) is 27.8 Å². The molecule has 0 radical (unpaired) electrons. The summed E-state index contributed by atoms with van der Waals surface area (Å²) in [4.78, 5) is 11.9. The number of halogens is 1. The van der Waals surface area contributed by atoms with Crippen molar-refractivity contribution in [1.82, 2.24) is 5.43 Å². The zero-order chi connectivity index (χ0) is 19.1. The van der Waals surface area contributed by atoms with Crippen molar-refractivity contribution >= 4 is 23.7 Å². The van der Waals surface area contributed by atoms with Gasteiger partial charge < -0.3 is 14.2 Å². The maximum absolute atomic E-state index is 11.9. The van der Waals surface area contributed by atoms with Crippen LogP contribution in [0.15, 0.2) is 35.4 Å². The Hall–Kier alpha value is -2.73. The first-order valence-corrected chi connectivity index (χ1v) is 8.26. The Morgan fingerprint density at radius 1 is 1.12 bits per heavy atom. The van der Waals surface area contributed by atoms with Gasteiger partial charge in [0.15, 0.2) is 6.61 Å². The first-order chi connectivity index (χ1) is 12.4. The van der Waals surface area contributed by atoms with Crippen LogP contribution >= 0.6 is 11.6 Å². The molecule has 2 aromatic carbocycles. The Morgan fingerprint density at radius 2 is 1.81 bits per heavy atom. The van der Waals surface area contributed by atoms with Gasteiger partial charge in [0.1, 0.15) is 17.2 Å². The van der Waals surface area contributed by atoms with Crippen LogP contribution in [0, 0.1) is 13.8 Å². The number of carbonyl (C=O) groups excluding carboxylic acids is 1.